The maximum absolute atomic E-state index is 11.4. The van der Waals surface area contributed by atoms with Crippen LogP contribution in [0.15, 0.2) is 54.6 Å². The Hall–Kier alpha value is -2.09. The predicted molar refractivity (Wildman–Crippen MR) is 100 cm³/mol. The van der Waals surface area contributed by atoms with Gasteiger partial charge in [0, 0.05) is 0 Å². The lowest BCUT2D eigenvalue weighted by Crippen LogP contribution is -2.16. The molecule has 0 heterocycles. The Balaban J connectivity index is 2.06. The van der Waals surface area contributed by atoms with Crippen molar-refractivity contribution in [2.75, 3.05) is 5.75 Å². The minimum Gasteiger partial charge on any atom is -0.491 e. The fourth-order valence-electron chi connectivity index (χ4n) is 2.49. The first-order chi connectivity index (χ1) is 12.4. The Bertz CT molecular complexity index is 760. The van der Waals surface area contributed by atoms with Gasteiger partial charge < -0.3 is 9.47 Å². The summed E-state index contributed by atoms with van der Waals surface area (Å²) in [5.41, 5.74) is 0.973. The van der Waals surface area contributed by atoms with Crippen molar-refractivity contribution in [1.29, 1.82) is 0 Å². The van der Waals surface area contributed by atoms with Crippen LogP contribution in [0.1, 0.15) is 38.4 Å². The zero-order valence-electron chi connectivity index (χ0n) is 15.0. The number of rotatable bonds is 10. The molecule has 2 aromatic rings. The summed E-state index contributed by atoms with van der Waals surface area (Å²) in [4.78, 5) is 0. The Labute approximate surface area is 155 Å². The van der Waals surface area contributed by atoms with E-state index in [1.165, 1.54) is 0 Å². The molecular formula is C19H25NO5S. The van der Waals surface area contributed by atoms with E-state index in [0.717, 1.165) is 11.3 Å². The van der Waals surface area contributed by atoms with E-state index < -0.39 is 10.1 Å². The molecule has 0 amide bonds. The second-order valence-corrected chi connectivity index (χ2v) is 7.87. The predicted octanol–water partition coefficient (Wildman–Crippen LogP) is 3.59. The van der Waals surface area contributed by atoms with Crippen LogP contribution in [0, 0.1) is 0 Å². The van der Waals surface area contributed by atoms with Crippen LogP contribution in [0.4, 0.5) is 0 Å². The average molecular weight is 379 g/mol. The molecule has 0 saturated carbocycles. The summed E-state index contributed by atoms with van der Waals surface area (Å²) in [5.74, 6) is 6.08. The summed E-state index contributed by atoms with van der Waals surface area (Å²) in [6, 6.07) is 17.1. The van der Waals surface area contributed by atoms with E-state index in [1.54, 1.807) is 0 Å². The lowest BCUT2D eigenvalue weighted by molar-refractivity contribution is 0.192. The molecule has 0 radical (unpaired) electrons. The van der Waals surface area contributed by atoms with Crippen molar-refractivity contribution in [2.24, 2.45) is 5.90 Å². The van der Waals surface area contributed by atoms with E-state index in [2.05, 4.69) is 4.28 Å². The fourth-order valence-corrected chi connectivity index (χ4v) is 3.10. The van der Waals surface area contributed by atoms with Crippen molar-refractivity contribution in [3.8, 4) is 11.5 Å². The normalized spacial score (nSPS) is 12.8. The molecule has 0 saturated heterocycles. The Morgan fingerprint density at radius 2 is 1.50 bits per heavy atom. The molecule has 1 unspecified atom stereocenters. The van der Waals surface area contributed by atoms with Gasteiger partial charge >= 0.3 is 0 Å². The van der Waals surface area contributed by atoms with Gasteiger partial charge in [0.25, 0.3) is 10.1 Å². The topological polar surface area (TPSA) is 87.8 Å². The first kappa shape index (κ1) is 20.2. The van der Waals surface area contributed by atoms with Gasteiger partial charge in [0.2, 0.25) is 0 Å². The molecule has 0 bridgehead atoms. The van der Waals surface area contributed by atoms with Crippen molar-refractivity contribution >= 4 is 10.1 Å². The standard InChI is InChI=1S/C19H25NO5S/c1-15(2)23-17-10-12-18(13-11-17)24-19(16-7-4-3-5-8-16)9-6-14-26(21,22)25-20/h3-5,7-8,10-13,15,19H,6,9,14,20H2,1-2H3. The van der Waals surface area contributed by atoms with Gasteiger partial charge in [-0.1, -0.05) is 30.3 Å². The van der Waals surface area contributed by atoms with Gasteiger partial charge in [-0.25, -0.2) is 0 Å². The zero-order valence-corrected chi connectivity index (χ0v) is 15.8. The molecule has 0 aliphatic heterocycles. The maximum Gasteiger partial charge on any atom is 0.283 e. The van der Waals surface area contributed by atoms with E-state index in [4.69, 9.17) is 15.4 Å². The summed E-state index contributed by atoms with van der Waals surface area (Å²) in [6.07, 6.45) is 0.705. The minimum atomic E-state index is -3.68. The van der Waals surface area contributed by atoms with Gasteiger partial charge in [-0.15, -0.1) is 0 Å². The molecule has 0 spiro atoms. The van der Waals surface area contributed by atoms with Crippen LogP contribution in [-0.2, 0) is 14.4 Å². The molecule has 2 aromatic carbocycles. The highest BCUT2D eigenvalue weighted by molar-refractivity contribution is 7.86. The minimum absolute atomic E-state index is 0.102. The molecule has 2 rings (SSSR count). The lowest BCUT2D eigenvalue weighted by Gasteiger charge is -2.20. The highest BCUT2D eigenvalue weighted by Gasteiger charge is 2.16. The molecule has 6 nitrogen and oxygen atoms in total. The lowest BCUT2D eigenvalue weighted by atomic mass is 10.1. The highest BCUT2D eigenvalue weighted by atomic mass is 32.2. The van der Waals surface area contributed by atoms with Gasteiger partial charge in [0.15, 0.2) is 0 Å². The Morgan fingerprint density at radius 1 is 0.923 bits per heavy atom. The van der Waals surface area contributed by atoms with Crippen molar-refractivity contribution in [2.45, 2.75) is 38.9 Å². The summed E-state index contributed by atoms with van der Waals surface area (Å²) >= 11 is 0. The Kier molecular flexibility index (Phi) is 7.44. The summed E-state index contributed by atoms with van der Waals surface area (Å²) in [7, 11) is -3.68. The molecule has 0 aromatic heterocycles. The van der Waals surface area contributed by atoms with Crippen LogP contribution in [0.25, 0.3) is 0 Å². The van der Waals surface area contributed by atoms with Crippen LogP contribution in [0.5, 0.6) is 11.5 Å². The van der Waals surface area contributed by atoms with E-state index >= 15 is 0 Å². The van der Waals surface area contributed by atoms with Crippen LogP contribution in [-0.4, -0.2) is 20.3 Å². The molecule has 0 aliphatic carbocycles. The molecule has 26 heavy (non-hydrogen) atoms. The average Bonchev–Trinajstić information content (AvgIpc) is 2.62. The smallest absolute Gasteiger partial charge is 0.283 e. The van der Waals surface area contributed by atoms with Crippen molar-refractivity contribution in [3.05, 3.63) is 60.2 Å². The van der Waals surface area contributed by atoms with Crippen LogP contribution >= 0.6 is 0 Å². The van der Waals surface area contributed by atoms with E-state index in [-0.39, 0.29) is 18.0 Å². The number of nitrogens with two attached hydrogens (primary N) is 1. The first-order valence-electron chi connectivity index (χ1n) is 8.49. The molecule has 0 fully saturated rings. The maximum atomic E-state index is 11.4. The quantitative estimate of drug-likeness (QED) is 0.635. The highest BCUT2D eigenvalue weighted by Crippen LogP contribution is 2.28. The monoisotopic (exact) mass is 379 g/mol. The number of hydrogen-bond acceptors (Lipinski definition) is 6. The number of ether oxygens (including phenoxy) is 2. The van der Waals surface area contributed by atoms with Gasteiger partial charge in [-0.3, -0.25) is 0 Å². The summed E-state index contributed by atoms with van der Waals surface area (Å²) in [5, 5.41) is 0. The fraction of sp³-hybridized carbons (Fsp3) is 0.368. The first-order valence-corrected chi connectivity index (χ1v) is 10.1. The molecular weight excluding hydrogens is 354 g/mol. The van der Waals surface area contributed by atoms with E-state index in [1.807, 2.05) is 68.4 Å². The third-order valence-corrected chi connectivity index (χ3v) is 4.73. The van der Waals surface area contributed by atoms with Gasteiger partial charge in [-0.05, 0) is 56.5 Å². The van der Waals surface area contributed by atoms with Crippen LogP contribution < -0.4 is 15.4 Å². The van der Waals surface area contributed by atoms with Crippen molar-refractivity contribution in [3.63, 3.8) is 0 Å². The molecule has 7 heteroatoms. The third kappa shape index (κ3) is 6.67. The zero-order chi connectivity index (χ0) is 19.0. The van der Waals surface area contributed by atoms with E-state index in [0.29, 0.717) is 18.6 Å². The molecule has 142 valence electrons. The third-order valence-electron chi connectivity index (χ3n) is 3.65. The number of benzene rings is 2. The van der Waals surface area contributed by atoms with Gasteiger partial charge in [0.05, 0.1) is 11.9 Å². The molecule has 0 aliphatic rings. The molecule has 1 atom stereocenters. The Morgan fingerprint density at radius 3 is 2.04 bits per heavy atom. The van der Waals surface area contributed by atoms with Crippen molar-refractivity contribution < 1.29 is 22.2 Å². The second kappa shape index (κ2) is 9.56. The summed E-state index contributed by atoms with van der Waals surface area (Å²) in [6.45, 7) is 3.93. The summed E-state index contributed by atoms with van der Waals surface area (Å²) < 4.78 is 38.5. The molecule has 2 N–H and O–H groups in total. The SMILES string of the molecule is CC(C)Oc1ccc(OC(CCCS(=O)(=O)ON)c2ccccc2)cc1. The second-order valence-electron chi connectivity index (χ2n) is 6.16. The van der Waals surface area contributed by atoms with Crippen LogP contribution in [0.3, 0.4) is 0 Å². The van der Waals surface area contributed by atoms with Crippen molar-refractivity contribution in [1.82, 2.24) is 0 Å². The van der Waals surface area contributed by atoms with Gasteiger partial charge in [0.1, 0.15) is 17.6 Å². The van der Waals surface area contributed by atoms with E-state index in [9.17, 15) is 8.42 Å². The number of hydrogen-bond donors (Lipinski definition) is 1. The van der Waals surface area contributed by atoms with Gasteiger partial charge in [-0.2, -0.15) is 18.6 Å². The van der Waals surface area contributed by atoms with Crippen LogP contribution in [0.2, 0.25) is 0 Å². The largest absolute Gasteiger partial charge is 0.491 e.